The zero-order valence-electron chi connectivity index (χ0n) is 12.5. The van der Waals surface area contributed by atoms with E-state index in [1.54, 1.807) is 6.21 Å². The summed E-state index contributed by atoms with van der Waals surface area (Å²) in [5.74, 6) is 1.19. The molecule has 0 aliphatic carbocycles. The van der Waals surface area contributed by atoms with Gasteiger partial charge in [0.25, 0.3) is 0 Å². The lowest BCUT2D eigenvalue weighted by Gasteiger charge is -2.05. The number of nitrogens with one attached hydrogen (secondary N) is 1. The zero-order chi connectivity index (χ0) is 16.7. The molecule has 0 aliphatic heterocycles. The fourth-order valence-corrected chi connectivity index (χ4v) is 2.21. The van der Waals surface area contributed by atoms with Crippen molar-refractivity contribution in [3.8, 4) is 5.75 Å². The van der Waals surface area contributed by atoms with Gasteiger partial charge in [-0.25, -0.2) is 4.98 Å². The van der Waals surface area contributed by atoms with Gasteiger partial charge in [0.05, 0.1) is 22.9 Å². The highest BCUT2D eigenvalue weighted by Crippen LogP contribution is 2.28. The Morgan fingerprint density at radius 3 is 2.61 bits per heavy atom. The number of aromatic nitrogens is 1. The number of ether oxygens (including phenoxy) is 1. The summed E-state index contributed by atoms with van der Waals surface area (Å²) >= 11 is 17.7. The number of rotatable bonds is 7. The van der Waals surface area contributed by atoms with E-state index in [9.17, 15) is 0 Å². The second-order valence-electron chi connectivity index (χ2n) is 4.73. The molecule has 0 radical (unpaired) electrons. The van der Waals surface area contributed by atoms with Gasteiger partial charge in [-0.15, -0.1) is 0 Å². The van der Waals surface area contributed by atoms with Crippen molar-refractivity contribution in [2.75, 3.05) is 12.0 Å². The summed E-state index contributed by atoms with van der Waals surface area (Å²) < 4.78 is 5.60. The molecule has 23 heavy (non-hydrogen) atoms. The molecule has 1 heterocycles. The maximum atomic E-state index is 6.01. The largest absolute Gasteiger partial charge is 0.494 e. The number of benzene rings is 1. The highest BCUT2D eigenvalue weighted by atomic mass is 35.5. The lowest BCUT2D eigenvalue weighted by atomic mass is 10.2. The minimum absolute atomic E-state index is 0.169. The lowest BCUT2D eigenvalue weighted by Crippen LogP contribution is -1.97. The van der Waals surface area contributed by atoms with Gasteiger partial charge in [0.15, 0.2) is 5.82 Å². The van der Waals surface area contributed by atoms with Crippen molar-refractivity contribution in [1.82, 2.24) is 4.98 Å². The number of nitrogens with zero attached hydrogens (tertiary/aromatic N) is 2. The van der Waals surface area contributed by atoms with E-state index in [1.165, 1.54) is 6.07 Å². The summed E-state index contributed by atoms with van der Waals surface area (Å²) in [4.78, 5) is 4.02. The van der Waals surface area contributed by atoms with Crippen LogP contribution in [0.15, 0.2) is 35.4 Å². The van der Waals surface area contributed by atoms with Crippen molar-refractivity contribution in [3.05, 3.63) is 51.1 Å². The smallest absolute Gasteiger partial charge is 0.166 e. The molecule has 4 nitrogen and oxygen atoms in total. The Balaban J connectivity index is 1.94. The number of hydrogen-bond donors (Lipinski definition) is 1. The van der Waals surface area contributed by atoms with E-state index >= 15 is 0 Å². The first-order valence-corrected chi connectivity index (χ1v) is 8.27. The molecule has 0 amide bonds. The number of pyridine rings is 1. The first-order chi connectivity index (χ1) is 11.1. The van der Waals surface area contributed by atoms with Gasteiger partial charge in [0.2, 0.25) is 0 Å². The Bertz CT molecular complexity index is 675. The van der Waals surface area contributed by atoms with Crippen molar-refractivity contribution < 1.29 is 4.74 Å². The molecule has 0 saturated heterocycles. The number of halogens is 3. The van der Waals surface area contributed by atoms with E-state index in [4.69, 9.17) is 39.5 Å². The SMILES string of the molecule is CCCCOc1ccc(C=NNc2nc(Cl)c(Cl)cc2Cl)cc1. The van der Waals surface area contributed by atoms with Gasteiger partial charge in [-0.05, 0) is 42.3 Å². The molecule has 0 aliphatic rings. The Labute approximate surface area is 150 Å². The molecular formula is C16H16Cl3N3O. The van der Waals surface area contributed by atoms with Crippen molar-refractivity contribution in [2.24, 2.45) is 5.10 Å². The molecule has 1 N–H and O–H groups in total. The molecule has 7 heteroatoms. The molecule has 122 valence electrons. The van der Waals surface area contributed by atoms with E-state index in [2.05, 4.69) is 22.4 Å². The quantitative estimate of drug-likeness (QED) is 0.295. The minimum atomic E-state index is 0.169. The van der Waals surface area contributed by atoms with Crippen molar-refractivity contribution in [1.29, 1.82) is 0 Å². The maximum Gasteiger partial charge on any atom is 0.166 e. The molecule has 1 aromatic carbocycles. The van der Waals surface area contributed by atoms with Gasteiger partial charge >= 0.3 is 0 Å². The molecule has 2 rings (SSSR count). The third-order valence-electron chi connectivity index (χ3n) is 2.92. The molecule has 2 aromatic rings. The van der Waals surface area contributed by atoms with Gasteiger partial charge in [-0.2, -0.15) is 5.10 Å². The average Bonchev–Trinajstić information content (AvgIpc) is 2.54. The molecule has 0 spiro atoms. The van der Waals surface area contributed by atoms with Gasteiger partial charge < -0.3 is 4.74 Å². The van der Waals surface area contributed by atoms with E-state index in [0.29, 0.717) is 15.9 Å². The first-order valence-electron chi connectivity index (χ1n) is 7.13. The standard InChI is InChI=1S/C16H16Cl3N3O/c1-2-3-8-23-12-6-4-11(5-7-12)10-20-22-16-14(18)9-13(17)15(19)21-16/h4-7,9-10H,2-3,8H2,1H3,(H,21,22). The van der Waals surface area contributed by atoms with Crippen LogP contribution >= 0.6 is 34.8 Å². The minimum Gasteiger partial charge on any atom is -0.494 e. The van der Waals surface area contributed by atoms with Crippen molar-refractivity contribution in [2.45, 2.75) is 19.8 Å². The summed E-state index contributed by atoms with van der Waals surface area (Å²) in [6.45, 7) is 2.86. The van der Waals surface area contributed by atoms with Crippen LogP contribution in [-0.4, -0.2) is 17.8 Å². The Hall–Kier alpha value is -1.49. The lowest BCUT2D eigenvalue weighted by molar-refractivity contribution is 0.309. The average molecular weight is 373 g/mol. The molecule has 0 atom stereocenters. The van der Waals surface area contributed by atoms with Crippen LogP contribution in [0.5, 0.6) is 5.75 Å². The zero-order valence-corrected chi connectivity index (χ0v) is 14.8. The second-order valence-corrected chi connectivity index (χ2v) is 5.90. The Morgan fingerprint density at radius 2 is 1.91 bits per heavy atom. The third-order valence-corrected chi connectivity index (χ3v) is 3.88. The molecule has 1 aromatic heterocycles. The third kappa shape index (κ3) is 5.57. The molecule has 0 bridgehead atoms. The summed E-state index contributed by atoms with van der Waals surface area (Å²) in [6, 6.07) is 9.15. The van der Waals surface area contributed by atoms with E-state index in [1.807, 2.05) is 24.3 Å². The van der Waals surface area contributed by atoms with Crippen LogP contribution < -0.4 is 10.2 Å². The van der Waals surface area contributed by atoms with Crippen LogP contribution in [-0.2, 0) is 0 Å². The van der Waals surface area contributed by atoms with Crippen LogP contribution in [0, 0.1) is 0 Å². The maximum absolute atomic E-state index is 6.01. The van der Waals surface area contributed by atoms with E-state index < -0.39 is 0 Å². The second kappa shape index (κ2) is 8.96. The number of hydrogen-bond acceptors (Lipinski definition) is 4. The van der Waals surface area contributed by atoms with Crippen molar-refractivity contribution in [3.63, 3.8) is 0 Å². The van der Waals surface area contributed by atoms with Crippen LogP contribution in [0.2, 0.25) is 15.2 Å². The fraction of sp³-hybridized carbons (Fsp3) is 0.250. The predicted molar refractivity (Wildman–Crippen MR) is 97.3 cm³/mol. The van der Waals surface area contributed by atoms with E-state index in [-0.39, 0.29) is 5.15 Å². The van der Waals surface area contributed by atoms with Gasteiger partial charge in [-0.3, -0.25) is 5.43 Å². The van der Waals surface area contributed by atoms with Gasteiger partial charge in [-0.1, -0.05) is 48.1 Å². The number of unbranched alkanes of at least 4 members (excludes halogenated alkanes) is 1. The number of anilines is 1. The van der Waals surface area contributed by atoms with E-state index in [0.717, 1.165) is 30.8 Å². The first kappa shape index (κ1) is 17.9. The monoisotopic (exact) mass is 371 g/mol. The van der Waals surface area contributed by atoms with Crippen LogP contribution in [0.3, 0.4) is 0 Å². The highest BCUT2D eigenvalue weighted by molar-refractivity contribution is 6.42. The summed E-state index contributed by atoms with van der Waals surface area (Å²) in [6.07, 6.45) is 3.81. The number of hydrazone groups is 1. The van der Waals surface area contributed by atoms with Crippen LogP contribution in [0.4, 0.5) is 5.82 Å². The normalized spacial score (nSPS) is 11.0. The summed E-state index contributed by atoms with van der Waals surface area (Å²) in [5, 5.41) is 4.89. The summed E-state index contributed by atoms with van der Waals surface area (Å²) in [5.41, 5.74) is 3.65. The van der Waals surface area contributed by atoms with Crippen LogP contribution in [0.25, 0.3) is 0 Å². The molecule has 0 unspecified atom stereocenters. The highest BCUT2D eigenvalue weighted by Gasteiger charge is 2.06. The predicted octanol–water partition coefficient (Wildman–Crippen LogP) is 5.67. The Kier molecular flexibility index (Phi) is 6.96. The van der Waals surface area contributed by atoms with Crippen molar-refractivity contribution >= 4 is 46.8 Å². The molecular weight excluding hydrogens is 357 g/mol. The Morgan fingerprint density at radius 1 is 1.17 bits per heavy atom. The van der Waals surface area contributed by atoms with Gasteiger partial charge in [0.1, 0.15) is 10.9 Å². The fourth-order valence-electron chi connectivity index (χ4n) is 1.67. The molecule has 0 fully saturated rings. The summed E-state index contributed by atoms with van der Waals surface area (Å²) in [7, 11) is 0. The molecule has 0 saturated carbocycles. The topological polar surface area (TPSA) is 46.5 Å². The van der Waals surface area contributed by atoms with Crippen LogP contribution in [0.1, 0.15) is 25.3 Å². The van der Waals surface area contributed by atoms with Gasteiger partial charge in [0, 0.05) is 0 Å².